The van der Waals surface area contributed by atoms with Crippen LogP contribution < -0.4 is 0 Å². The predicted molar refractivity (Wildman–Crippen MR) is 83.6 cm³/mol. The molecule has 3 aromatic rings. The standard InChI is InChI=1S/C17H13N4.Ni/c1-2-8-14(9-3-1)17(15-10-4-6-12-18-15)21-20-16-11-5-7-13-19-16;/h1-13H;/q-1;. The van der Waals surface area contributed by atoms with Gasteiger partial charge in [-0.05, 0) is 18.0 Å². The zero-order valence-corrected chi connectivity index (χ0v) is 12.6. The van der Waals surface area contributed by atoms with E-state index in [1.54, 1.807) is 12.4 Å². The molecule has 0 fully saturated rings. The fraction of sp³-hybridized carbons (Fsp3) is 0. The molecule has 0 N–H and O–H groups in total. The van der Waals surface area contributed by atoms with Gasteiger partial charge in [0.1, 0.15) is 0 Å². The van der Waals surface area contributed by atoms with Crippen molar-refractivity contribution in [3.8, 4) is 0 Å². The zero-order valence-electron chi connectivity index (χ0n) is 11.6. The van der Waals surface area contributed by atoms with Crippen molar-refractivity contribution in [3.05, 3.63) is 95.8 Å². The van der Waals surface area contributed by atoms with Crippen molar-refractivity contribution >= 4 is 11.5 Å². The minimum atomic E-state index is 0. The quantitative estimate of drug-likeness (QED) is 0.413. The Bertz CT molecular complexity index is 674. The molecule has 0 spiro atoms. The number of hydrogen-bond acceptors (Lipinski definition) is 3. The molecule has 112 valence electrons. The molecule has 0 bridgehead atoms. The van der Waals surface area contributed by atoms with Gasteiger partial charge in [-0.1, -0.05) is 60.8 Å². The SMILES string of the molecule is [Ni].c1ccc(C(=N[N-]c2ccccn2)c2ccccn2)cc1. The molecule has 0 amide bonds. The molecule has 0 saturated carbocycles. The second-order valence-electron chi connectivity index (χ2n) is 4.32. The van der Waals surface area contributed by atoms with Crippen LogP contribution in [0.25, 0.3) is 5.43 Å². The van der Waals surface area contributed by atoms with E-state index >= 15 is 0 Å². The van der Waals surface area contributed by atoms with Crippen LogP contribution >= 0.6 is 0 Å². The van der Waals surface area contributed by atoms with E-state index in [1.807, 2.05) is 66.7 Å². The van der Waals surface area contributed by atoms with Gasteiger partial charge in [0.15, 0.2) is 0 Å². The summed E-state index contributed by atoms with van der Waals surface area (Å²) in [5.41, 5.74) is 6.67. The van der Waals surface area contributed by atoms with Crippen molar-refractivity contribution in [1.82, 2.24) is 9.97 Å². The summed E-state index contributed by atoms with van der Waals surface area (Å²) in [4.78, 5) is 8.50. The Balaban J connectivity index is 0.00000176. The summed E-state index contributed by atoms with van der Waals surface area (Å²) >= 11 is 0. The van der Waals surface area contributed by atoms with Crippen LogP contribution in [0.3, 0.4) is 0 Å². The van der Waals surface area contributed by atoms with Gasteiger partial charge in [-0.3, -0.25) is 10.1 Å². The molecule has 0 aliphatic carbocycles. The fourth-order valence-corrected chi connectivity index (χ4v) is 1.87. The molecular formula is C17H13N4Ni-. The Morgan fingerprint density at radius 1 is 0.773 bits per heavy atom. The number of aromatic nitrogens is 2. The third kappa shape index (κ3) is 3.99. The monoisotopic (exact) mass is 331 g/mol. The fourth-order valence-electron chi connectivity index (χ4n) is 1.87. The van der Waals surface area contributed by atoms with Crippen molar-refractivity contribution < 1.29 is 16.5 Å². The van der Waals surface area contributed by atoms with Gasteiger partial charge in [0, 0.05) is 28.3 Å². The van der Waals surface area contributed by atoms with E-state index < -0.39 is 0 Å². The van der Waals surface area contributed by atoms with Crippen LogP contribution in [0, 0.1) is 0 Å². The summed E-state index contributed by atoms with van der Waals surface area (Å²) in [5.74, 6) is 0.571. The molecule has 4 nitrogen and oxygen atoms in total. The molecule has 0 radical (unpaired) electrons. The normalized spacial score (nSPS) is 10.6. The molecule has 22 heavy (non-hydrogen) atoms. The van der Waals surface area contributed by atoms with E-state index in [1.165, 1.54) is 0 Å². The molecular weight excluding hydrogens is 319 g/mol. The van der Waals surface area contributed by atoms with Crippen LogP contribution in [-0.2, 0) is 16.5 Å². The number of pyridine rings is 2. The molecule has 0 saturated heterocycles. The molecule has 0 aliphatic heterocycles. The van der Waals surface area contributed by atoms with Gasteiger partial charge < -0.3 is 10.4 Å². The van der Waals surface area contributed by atoms with Crippen LogP contribution in [0.1, 0.15) is 11.3 Å². The maximum atomic E-state index is 4.36. The third-order valence-corrected chi connectivity index (χ3v) is 2.86. The van der Waals surface area contributed by atoms with Crippen molar-refractivity contribution in [2.75, 3.05) is 0 Å². The number of rotatable bonds is 4. The number of hydrogen-bond donors (Lipinski definition) is 0. The van der Waals surface area contributed by atoms with Crippen molar-refractivity contribution in [1.29, 1.82) is 0 Å². The molecule has 1 aromatic carbocycles. The van der Waals surface area contributed by atoms with Gasteiger partial charge in [-0.15, -0.1) is 0 Å². The average molecular weight is 332 g/mol. The summed E-state index contributed by atoms with van der Waals surface area (Å²) in [5, 5.41) is 4.35. The summed E-state index contributed by atoms with van der Waals surface area (Å²) in [6.07, 6.45) is 3.44. The third-order valence-electron chi connectivity index (χ3n) is 2.86. The van der Waals surface area contributed by atoms with E-state index in [2.05, 4.69) is 20.5 Å². The largest absolute Gasteiger partial charge is 0.442 e. The molecule has 0 aliphatic rings. The second kappa shape index (κ2) is 8.06. The van der Waals surface area contributed by atoms with E-state index in [0.717, 1.165) is 17.0 Å². The van der Waals surface area contributed by atoms with Crippen LogP contribution in [0.5, 0.6) is 0 Å². The topological polar surface area (TPSA) is 52.2 Å². The molecule has 3 rings (SSSR count). The first-order chi connectivity index (χ1) is 10.4. The molecule has 0 unspecified atom stereocenters. The first kappa shape index (κ1) is 15.9. The van der Waals surface area contributed by atoms with Crippen LogP contribution in [-0.4, -0.2) is 15.7 Å². The molecule has 0 atom stereocenters. The van der Waals surface area contributed by atoms with Gasteiger partial charge in [0.05, 0.1) is 11.4 Å². The Morgan fingerprint density at radius 3 is 2.09 bits per heavy atom. The number of nitrogens with zero attached hydrogens (tertiary/aromatic N) is 4. The Kier molecular flexibility index (Phi) is 5.81. The van der Waals surface area contributed by atoms with Crippen molar-refractivity contribution in [2.45, 2.75) is 0 Å². The molecule has 2 aromatic heterocycles. The second-order valence-corrected chi connectivity index (χ2v) is 4.32. The van der Waals surface area contributed by atoms with Gasteiger partial charge in [0.25, 0.3) is 0 Å². The first-order valence-corrected chi connectivity index (χ1v) is 6.60. The average Bonchev–Trinajstić information content (AvgIpc) is 2.58. The van der Waals surface area contributed by atoms with E-state index in [4.69, 9.17) is 0 Å². The molecule has 5 heteroatoms. The summed E-state index contributed by atoms with van der Waals surface area (Å²) < 4.78 is 0. The minimum absolute atomic E-state index is 0. The van der Waals surface area contributed by atoms with Gasteiger partial charge in [-0.25, -0.2) is 0 Å². The molecule has 2 heterocycles. The van der Waals surface area contributed by atoms with Gasteiger partial charge in [0.2, 0.25) is 0 Å². The smallest absolute Gasteiger partial charge is 0.0950 e. The predicted octanol–water partition coefficient (Wildman–Crippen LogP) is 3.93. The number of benzene rings is 1. The van der Waals surface area contributed by atoms with Gasteiger partial charge in [-0.2, -0.15) is 0 Å². The van der Waals surface area contributed by atoms with Crippen LogP contribution in [0.2, 0.25) is 0 Å². The van der Waals surface area contributed by atoms with E-state index in [-0.39, 0.29) is 16.5 Å². The van der Waals surface area contributed by atoms with Crippen LogP contribution in [0.4, 0.5) is 5.82 Å². The van der Waals surface area contributed by atoms with E-state index in [9.17, 15) is 0 Å². The van der Waals surface area contributed by atoms with E-state index in [0.29, 0.717) is 5.82 Å². The van der Waals surface area contributed by atoms with Crippen LogP contribution in [0.15, 0.2) is 84.2 Å². The van der Waals surface area contributed by atoms with Gasteiger partial charge >= 0.3 is 0 Å². The maximum Gasteiger partial charge on any atom is 0.0950 e. The van der Waals surface area contributed by atoms with Crippen molar-refractivity contribution in [2.24, 2.45) is 5.10 Å². The summed E-state index contributed by atoms with van der Waals surface area (Å²) in [7, 11) is 0. The summed E-state index contributed by atoms with van der Waals surface area (Å²) in [6.45, 7) is 0. The Morgan fingerprint density at radius 2 is 1.45 bits per heavy atom. The minimum Gasteiger partial charge on any atom is -0.442 e. The first-order valence-electron chi connectivity index (χ1n) is 6.60. The summed E-state index contributed by atoms with van der Waals surface area (Å²) in [6, 6.07) is 21.1. The Labute approximate surface area is 139 Å². The Hall–Kier alpha value is -2.52. The van der Waals surface area contributed by atoms with Crippen molar-refractivity contribution in [3.63, 3.8) is 0 Å². The maximum absolute atomic E-state index is 4.36. The zero-order chi connectivity index (χ0) is 14.3.